The Kier molecular flexibility index (Phi) is 6.19. The number of alkyl halides is 5. The molecule has 0 bridgehead atoms. The summed E-state index contributed by atoms with van der Waals surface area (Å²) < 4.78 is 99.2. The zero-order valence-corrected chi connectivity index (χ0v) is 20.1. The van der Waals surface area contributed by atoms with Crippen molar-refractivity contribution in [2.45, 2.75) is 31.2 Å². The fourth-order valence-corrected chi connectivity index (χ4v) is 5.69. The van der Waals surface area contributed by atoms with Crippen LogP contribution in [0.15, 0.2) is 30.3 Å². The van der Waals surface area contributed by atoms with Gasteiger partial charge in [0, 0.05) is 49.4 Å². The van der Waals surface area contributed by atoms with Gasteiger partial charge in [0.2, 0.25) is 10.0 Å². The number of fused-ring (bicyclic) bond motifs is 1. The molecule has 1 saturated heterocycles. The second-order valence-electron chi connectivity index (χ2n) is 8.92. The maximum absolute atomic E-state index is 14.6. The van der Waals surface area contributed by atoms with E-state index in [0.29, 0.717) is 44.0 Å². The Balaban J connectivity index is 1.61. The predicted octanol–water partition coefficient (Wildman–Crippen LogP) is 3.60. The Morgan fingerprint density at radius 2 is 1.66 bits per heavy atom. The van der Waals surface area contributed by atoms with Crippen molar-refractivity contribution in [1.29, 1.82) is 0 Å². The quantitative estimate of drug-likeness (QED) is 0.611. The molecule has 2 aromatic rings. The molecule has 4 rings (SSSR count). The number of hydrogen-bond donors (Lipinski definition) is 1. The van der Waals surface area contributed by atoms with Crippen molar-refractivity contribution in [3.63, 3.8) is 0 Å². The minimum atomic E-state index is -5.52. The van der Waals surface area contributed by atoms with E-state index in [2.05, 4.69) is 4.90 Å². The molecule has 35 heavy (non-hydrogen) atoms. The standard InChI is InChI=1S/C23H25F5N2O4S/c1-14-16(6-7-18-20(14)22(24,25)21(18,31)23(26,27)28)17-5-4-15(12-19(17)34-2)13-29-8-10-30(11-9-29)35(3,32)33/h4-7,12,31H,8-11,13H2,1-3H3. The maximum Gasteiger partial charge on any atom is 0.427 e. The Labute approximate surface area is 200 Å². The number of ether oxygens (including phenoxy) is 1. The van der Waals surface area contributed by atoms with Gasteiger partial charge in [-0.05, 0) is 29.7 Å². The van der Waals surface area contributed by atoms with Crippen LogP contribution in [-0.2, 0) is 28.1 Å². The smallest absolute Gasteiger partial charge is 0.427 e. The van der Waals surface area contributed by atoms with Crippen LogP contribution < -0.4 is 4.74 Å². The van der Waals surface area contributed by atoms with Gasteiger partial charge in [-0.2, -0.15) is 26.3 Å². The van der Waals surface area contributed by atoms with E-state index in [-0.39, 0.29) is 11.1 Å². The van der Waals surface area contributed by atoms with E-state index in [1.54, 1.807) is 18.2 Å². The van der Waals surface area contributed by atoms with Crippen LogP contribution in [0.2, 0.25) is 0 Å². The Morgan fingerprint density at radius 3 is 2.20 bits per heavy atom. The number of hydrogen-bond acceptors (Lipinski definition) is 5. The molecule has 1 heterocycles. The Bertz CT molecular complexity index is 1260. The Morgan fingerprint density at radius 1 is 1.06 bits per heavy atom. The second kappa shape index (κ2) is 8.39. The van der Waals surface area contributed by atoms with E-state index in [4.69, 9.17) is 4.74 Å². The highest BCUT2D eigenvalue weighted by molar-refractivity contribution is 7.88. The molecule has 1 aliphatic carbocycles. The van der Waals surface area contributed by atoms with E-state index in [9.17, 15) is 35.5 Å². The number of benzene rings is 2. The van der Waals surface area contributed by atoms with Crippen molar-refractivity contribution in [3.8, 4) is 16.9 Å². The third kappa shape index (κ3) is 4.00. The van der Waals surface area contributed by atoms with Crippen molar-refractivity contribution >= 4 is 10.0 Å². The number of aliphatic hydroxyl groups is 1. The van der Waals surface area contributed by atoms with Crippen LogP contribution in [0.4, 0.5) is 22.0 Å². The van der Waals surface area contributed by atoms with Crippen LogP contribution in [-0.4, -0.2) is 68.5 Å². The molecule has 0 aromatic heterocycles. The molecule has 12 heteroatoms. The van der Waals surface area contributed by atoms with Gasteiger partial charge in [-0.1, -0.05) is 24.3 Å². The van der Waals surface area contributed by atoms with E-state index in [1.807, 2.05) is 0 Å². The molecule has 1 atom stereocenters. The number of nitrogens with zero attached hydrogens (tertiary/aromatic N) is 2. The average molecular weight is 521 g/mol. The number of rotatable bonds is 5. The van der Waals surface area contributed by atoms with Crippen LogP contribution in [0.25, 0.3) is 11.1 Å². The molecule has 1 N–H and O–H groups in total. The molecule has 0 saturated carbocycles. The van der Waals surface area contributed by atoms with Crippen LogP contribution in [0.3, 0.4) is 0 Å². The molecular weight excluding hydrogens is 495 g/mol. The zero-order valence-electron chi connectivity index (χ0n) is 19.3. The van der Waals surface area contributed by atoms with Gasteiger partial charge >= 0.3 is 12.1 Å². The largest absolute Gasteiger partial charge is 0.496 e. The third-order valence-corrected chi connectivity index (χ3v) is 8.10. The lowest BCUT2D eigenvalue weighted by atomic mass is 9.66. The van der Waals surface area contributed by atoms with Crippen molar-refractivity contribution in [1.82, 2.24) is 9.21 Å². The first-order valence-corrected chi connectivity index (χ1v) is 12.6. The van der Waals surface area contributed by atoms with Gasteiger partial charge in [-0.3, -0.25) is 4.90 Å². The highest BCUT2D eigenvalue weighted by atomic mass is 32.2. The van der Waals surface area contributed by atoms with Crippen LogP contribution in [0, 0.1) is 6.92 Å². The molecule has 0 amide bonds. The average Bonchev–Trinajstić information content (AvgIpc) is 2.77. The van der Waals surface area contributed by atoms with Crippen molar-refractivity contribution in [3.05, 3.63) is 52.6 Å². The summed E-state index contributed by atoms with van der Waals surface area (Å²) in [5.74, 6) is -4.13. The highest BCUT2D eigenvalue weighted by Crippen LogP contribution is 2.65. The second-order valence-corrected chi connectivity index (χ2v) is 10.9. The lowest BCUT2D eigenvalue weighted by Crippen LogP contribution is -2.62. The lowest BCUT2D eigenvalue weighted by Gasteiger charge is -2.48. The zero-order chi connectivity index (χ0) is 26.0. The summed E-state index contributed by atoms with van der Waals surface area (Å²) in [5.41, 5.74) is -4.41. The van der Waals surface area contributed by atoms with Gasteiger partial charge < -0.3 is 9.84 Å². The summed E-state index contributed by atoms with van der Waals surface area (Å²) in [4.78, 5) is 2.07. The SMILES string of the molecule is COc1cc(CN2CCN(S(C)(=O)=O)CC2)ccc1-c1ccc2c(c1C)C(F)(F)C2(O)C(F)(F)F. The van der Waals surface area contributed by atoms with Gasteiger partial charge in [-0.15, -0.1) is 0 Å². The van der Waals surface area contributed by atoms with Crippen molar-refractivity contribution in [2.24, 2.45) is 0 Å². The number of methoxy groups -OCH3 is 1. The minimum Gasteiger partial charge on any atom is -0.496 e. The van der Waals surface area contributed by atoms with Crippen LogP contribution in [0.1, 0.15) is 22.3 Å². The Hall–Kier alpha value is -2.28. The summed E-state index contributed by atoms with van der Waals surface area (Å²) in [6.45, 7) is 3.64. The topological polar surface area (TPSA) is 70.1 Å². The monoisotopic (exact) mass is 520 g/mol. The van der Waals surface area contributed by atoms with Crippen LogP contribution in [0.5, 0.6) is 5.75 Å². The third-order valence-electron chi connectivity index (χ3n) is 6.80. The van der Waals surface area contributed by atoms with Gasteiger partial charge in [0.05, 0.1) is 13.4 Å². The molecule has 6 nitrogen and oxygen atoms in total. The minimum absolute atomic E-state index is 0.0654. The summed E-state index contributed by atoms with van der Waals surface area (Å²) in [6, 6.07) is 7.31. The van der Waals surface area contributed by atoms with Gasteiger partial charge in [0.25, 0.3) is 5.60 Å². The molecule has 192 valence electrons. The number of piperazine rings is 1. The fraction of sp³-hybridized carbons (Fsp3) is 0.478. The maximum atomic E-state index is 14.6. The van der Waals surface area contributed by atoms with Crippen molar-refractivity contribution in [2.75, 3.05) is 39.5 Å². The number of halogens is 5. The normalized spacial score (nSPS) is 23.0. The first kappa shape index (κ1) is 25.8. The summed E-state index contributed by atoms with van der Waals surface area (Å²) in [7, 11) is -1.84. The molecule has 2 aromatic carbocycles. The number of sulfonamides is 1. The first-order valence-electron chi connectivity index (χ1n) is 10.8. The van der Waals surface area contributed by atoms with E-state index < -0.39 is 38.9 Å². The highest BCUT2D eigenvalue weighted by Gasteiger charge is 2.78. The van der Waals surface area contributed by atoms with E-state index in [1.165, 1.54) is 30.7 Å². The molecule has 0 spiro atoms. The molecule has 1 fully saturated rings. The molecule has 2 aliphatic rings. The summed E-state index contributed by atoms with van der Waals surface area (Å²) >= 11 is 0. The lowest BCUT2D eigenvalue weighted by molar-refractivity contribution is -0.364. The molecule has 0 radical (unpaired) electrons. The van der Waals surface area contributed by atoms with Gasteiger partial charge in [-0.25, -0.2) is 8.42 Å². The van der Waals surface area contributed by atoms with Gasteiger partial charge in [0.1, 0.15) is 5.75 Å². The molecule has 1 aliphatic heterocycles. The summed E-state index contributed by atoms with van der Waals surface area (Å²) in [6.07, 6.45) is -4.35. The molecule has 1 unspecified atom stereocenters. The summed E-state index contributed by atoms with van der Waals surface area (Å²) in [5, 5.41) is 9.83. The first-order chi connectivity index (χ1) is 16.1. The fourth-order valence-electron chi connectivity index (χ4n) is 4.86. The van der Waals surface area contributed by atoms with E-state index in [0.717, 1.165) is 11.6 Å². The predicted molar refractivity (Wildman–Crippen MR) is 119 cm³/mol. The van der Waals surface area contributed by atoms with E-state index >= 15 is 0 Å². The van der Waals surface area contributed by atoms with Gasteiger partial charge in [0.15, 0.2) is 0 Å². The van der Waals surface area contributed by atoms with Crippen molar-refractivity contribution < 1.29 is 40.2 Å². The molecular formula is C23H25F5N2O4S. The van der Waals surface area contributed by atoms with Crippen LogP contribution >= 0.6 is 0 Å².